The number of unbranched alkanes of at least 4 members (excludes halogenated alkanes) is 46. The molecular formula is C78H152O17P2. The van der Waals surface area contributed by atoms with Gasteiger partial charge in [0.05, 0.1) is 26.4 Å². The first kappa shape index (κ1) is 95.1. The van der Waals surface area contributed by atoms with Crippen LogP contribution in [0.5, 0.6) is 0 Å². The second-order valence-electron chi connectivity index (χ2n) is 28.8. The molecule has 0 aromatic carbocycles. The van der Waals surface area contributed by atoms with E-state index in [4.69, 9.17) is 37.0 Å². The Morgan fingerprint density at radius 3 is 0.784 bits per heavy atom. The molecule has 0 amide bonds. The maximum absolute atomic E-state index is 13.1. The molecule has 0 radical (unpaired) electrons. The fourth-order valence-electron chi connectivity index (χ4n) is 12.0. The standard InChI is InChI=1S/C78H152O17P2/c1-7-10-12-14-16-18-20-22-24-25-27-29-39-45-51-57-63-78(83)95-74(67-89-76(81)61-55-49-43-37-33-31-35-41-47-53-59-71(6)9-3)69-93-97(86,87)91-65-72(79)64-90-96(84,85)92-68-73(66-88-75(80)60-54-48-42-36-32-30-34-40-46-52-58-70(4)5)94-77(82)62-56-50-44-38-28-26-23-21-19-17-15-13-11-8-2/h70-74,79H,7-69H2,1-6H3,(H,84,85)(H,86,87)/t71?,72-,73+,74+/m0/s1. The molecule has 0 fully saturated rings. The van der Waals surface area contributed by atoms with Crippen molar-refractivity contribution in [3.05, 3.63) is 0 Å². The molecule has 17 nitrogen and oxygen atoms in total. The van der Waals surface area contributed by atoms with E-state index >= 15 is 0 Å². The van der Waals surface area contributed by atoms with Crippen molar-refractivity contribution in [1.82, 2.24) is 0 Å². The Kier molecular flexibility index (Phi) is 68.4. The molecule has 0 bridgehead atoms. The van der Waals surface area contributed by atoms with Gasteiger partial charge >= 0.3 is 39.5 Å². The SMILES string of the molecule is CCCCCCCCCCCCCCCCCCC(=O)O[C@H](COC(=O)CCCCCCCCCCCCC(C)CC)COP(=O)(O)OC[C@@H](O)COP(=O)(O)OC[C@@H](COC(=O)CCCCCCCCCCCCC(C)C)OC(=O)CCCCCCCCCCCCCCCC. The topological polar surface area (TPSA) is 237 Å². The highest BCUT2D eigenvalue weighted by atomic mass is 31.2. The predicted octanol–water partition coefficient (Wildman–Crippen LogP) is 23.1. The van der Waals surface area contributed by atoms with Gasteiger partial charge in [-0.05, 0) is 37.5 Å². The molecule has 6 atom stereocenters. The molecule has 0 rings (SSSR count). The number of ether oxygens (including phenoxy) is 4. The van der Waals surface area contributed by atoms with Crippen LogP contribution in [0, 0.1) is 11.8 Å². The summed E-state index contributed by atoms with van der Waals surface area (Å²) in [4.78, 5) is 73.0. The van der Waals surface area contributed by atoms with Crippen LogP contribution in [-0.2, 0) is 65.4 Å². The zero-order valence-corrected chi connectivity index (χ0v) is 65.2. The Labute approximate surface area is 594 Å². The molecule has 0 aromatic heterocycles. The van der Waals surface area contributed by atoms with Crippen LogP contribution in [0.15, 0.2) is 0 Å². The van der Waals surface area contributed by atoms with Crippen LogP contribution in [0.4, 0.5) is 0 Å². The second-order valence-corrected chi connectivity index (χ2v) is 31.7. The molecule has 0 spiro atoms. The van der Waals surface area contributed by atoms with Gasteiger partial charge in [-0.25, -0.2) is 9.13 Å². The fraction of sp³-hybridized carbons (Fsp3) is 0.949. The highest BCUT2D eigenvalue weighted by Gasteiger charge is 2.30. The van der Waals surface area contributed by atoms with Gasteiger partial charge in [0, 0.05) is 25.7 Å². The molecule has 0 heterocycles. The summed E-state index contributed by atoms with van der Waals surface area (Å²) in [7, 11) is -9.92. The van der Waals surface area contributed by atoms with Gasteiger partial charge in [0.15, 0.2) is 12.2 Å². The Morgan fingerprint density at radius 1 is 0.299 bits per heavy atom. The summed E-state index contributed by atoms with van der Waals surface area (Å²) < 4.78 is 68.7. The first-order chi connectivity index (χ1) is 46.9. The highest BCUT2D eigenvalue weighted by molar-refractivity contribution is 7.47. The van der Waals surface area contributed by atoms with E-state index < -0.39 is 97.5 Å². The Balaban J connectivity index is 5.27. The number of phosphoric acid groups is 2. The molecule has 0 aromatic rings. The zero-order chi connectivity index (χ0) is 71.4. The van der Waals surface area contributed by atoms with Crippen molar-refractivity contribution in [3.63, 3.8) is 0 Å². The zero-order valence-electron chi connectivity index (χ0n) is 63.4. The molecule has 19 heteroatoms. The van der Waals surface area contributed by atoms with E-state index in [0.29, 0.717) is 25.7 Å². The summed E-state index contributed by atoms with van der Waals surface area (Å²) >= 11 is 0. The third-order valence-electron chi connectivity index (χ3n) is 18.6. The summed E-state index contributed by atoms with van der Waals surface area (Å²) in [6, 6.07) is 0. The number of hydrogen-bond acceptors (Lipinski definition) is 15. The number of aliphatic hydroxyl groups excluding tert-OH is 1. The van der Waals surface area contributed by atoms with Gasteiger partial charge in [0.2, 0.25) is 0 Å². The quantitative estimate of drug-likeness (QED) is 0.0222. The van der Waals surface area contributed by atoms with Crippen molar-refractivity contribution in [2.24, 2.45) is 11.8 Å². The Bertz CT molecular complexity index is 1870. The molecule has 576 valence electrons. The lowest BCUT2D eigenvalue weighted by Crippen LogP contribution is -2.30. The number of carbonyl (C=O) groups is 4. The van der Waals surface area contributed by atoms with Crippen molar-refractivity contribution < 1.29 is 80.2 Å². The van der Waals surface area contributed by atoms with E-state index in [1.54, 1.807) is 0 Å². The van der Waals surface area contributed by atoms with Crippen molar-refractivity contribution in [1.29, 1.82) is 0 Å². The van der Waals surface area contributed by atoms with Gasteiger partial charge < -0.3 is 33.8 Å². The molecule has 0 saturated heterocycles. The lowest BCUT2D eigenvalue weighted by molar-refractivity contribution is -0.161. The first-order valence-corrected chi connectivity index (χ1v) is 43.5. The van der Waals surface area contributed by atoms with Gasteiger partial charge in [-0.2, -0.15) is 0 Å². The molecule has 97 heavy (non-hydrogen) atoms. The number of carbonyl (C=O) groups excluding carboxylic acids is 4. The molecule has 3 unspecified atom stereocenters. The van der Waals surface area contributed by atoms with E-state index in [1.807, 2.05) is 0 Å². The summed E-state index contributed by atoms with van der Waals surface area (Å²) in [5, 5.41) is 10.6. The van der Waals surface area contributed by atoms with Gasteiger partial charge in [-0.3, -0.25) is 37.3 Å². The summed E-state index contributed by atoms with van der Waals surface area (Å²) in [5.41, 5.74) is 0. The van der Waals surface area contributed by atoms with Crippen LogP contribution in [0.25, 0.3) is 0 Å². The van der Waals surface area contributed by atoms with E-state index in [-0.39, 0.29) is 25.7 Å². The molecule has 0 aliphatic carbocycles. The second kappa shape index (κ2) is 69.8. The minimum Gasteiger partial charge on any atom is -0.462 e. The fourth-order valence-corrected chi connectivity index (χ4v) is 13.6. The van der Waals surface area contributed by atoms with Crippen LogP contribution in [0.3, 0.4) is 0 Å². The molecule has 0 saturated carbocycles. The number of phosphoric ester groups is 2. The van der Waals surface area contributed by atoms with Gasteiger partial charge in [0.1, 0.15) is 19.3 Å². The molecule has 3 N–H and O–H groups in total. The normalized spacial score (nSPS) is 14.2. The van der Waals surface area contributed by atoms with E-state index in [1.165, 1.54) is 225 Å². The first-order valence-electron chi connectivity index (χ1n) is 40.5. The third-order valence-corrected chi connectivity index (χ3v) is 20.5. The van der Waals surface area contributed by atoms with Gasteiger partial charge in [0.25, 0.3) is 0 Å². The average molecular weight is 1420 g/mol. The predicted molar refractivity (Wildman–Crippen MR) is 395 cm³/mol. The minimum atomic E-state index is -4.96. The molecule has 0 aliphatic heterocycles. The molecule has 0 aliphatic rings. The Morgan fingerprint density at radius 2 is 0.526 bits per heavy atom. The van der Waals surface area contributed by atoms with Crippen LogP contribution in [0.1, 0.15) is 408 Å². The lowest BCUT2D eigenvalue weighted by atomic mass is 9.99. The van der Waals surface area contributed by atoms with Gasteiger partial charge in [-0.15, -0.1) is 0 Å². The smallest absolute Gasteiger partial charge is 0.462 e. The van der Waals surface area contributed by atoms with Gasteiger partial charge in [-0.1, -0.05) is 356 Å². The highest BCUT2D eigenvalue weighted by Crippen LogP contribution is 2.45. The van der Waals surface area contributed by atoms with Crippen LogP contribution in [-0.4, -0.2) is 96.7 Å². The number of rotatable bonds is 77. The van der Waals surface area contributed by atoms with Crippen molar-refractivity contribution in [3.8, 4) is 0 Å². The van der Waals surface area contributed by atoms with Crippen molar-refractivity contribution in [2.75, 3.05) is 39.6 Å². The number of hydrogen-bond donors (Lipinski definition) is 3. The summed E-state index contributed by atoms with van der Waals surface area (Å²) in [5.74, 6) is -0.541. The monoisotopic (exact) mass is 1420 g/mol. The summed E-state index contributed by atoms with van der Waals surface area (Å²) in [6.07, 6.45) is 58.0. The number of aliphatic hydroxyl groups is 1. The molecular weight excluding hydrogens is 1270 g/mol. The summed E-state index contributed by atoms with van der Waals surface area (Å²) in [6.45, 7) is 9.65. The van der Waals surface area contributed by atoms with Crippen molar-refractivity contribution >= 4 is 39.5 Å². The largest absolute Gasteiger partial charge is 0.472 e. The van der Waals surface area contributed by atoms with E-state index in [0.717, 1.165) is 102 Å². The van der Waals surface area contributed by atoms with Crippen LogP contribution in [0.2, 0.25) is 0 Å². The number of esters is 4. The Hall–Kier alpha value is -1.94. The van der Waals surface area contributed by atoms with E-state index in [2.05, 4.69) is 41.5 Å². The minimum absolute atomic E-state index is 0.108. The van der Waals surface area contributed by atoms with Crippen LogP contribution < -0.4 is 0 Å². The average Bonchev–Trinajstić information content (AvgIpc) is 1.80. The lowest BCUT2D eigenvalue weighted by Gasteiger charge is -2.21. The maximum atomic E-state index is 13.1. The third kappa shape index (κ3) is 70.9. The maximum Gasteiger partial charge on any atom is 0.472 e. The van der Waals surface area contributed by atoms with E-state index in [9.17, 15) is 43.2 Å². The van der Waals surface area contributed by atoms with Crippen molar-refractivity contribution in [2.45, 2.75) is 426 Å². The van der Waals surface area contributed by atoms with Crippen LogP contribution >= 0.6 is 15.6 Å².